The summed E-state index contributed by atoms with van der Waals surface area (Å²) in [6, 6.07) is 7.84. The third-order valence-electron chi connectivity index (χ3n) is 3.77. The molecule has 1 saturated carbocycles. The Morgan fingerprint density at radius 3 is 2.65 bits per heavy atom. The van der Waals surface area contributed by atoms with E-state index in [0.29, 0.717) is 5.25 Å². The quantitative estimate of drug-likeness (QED) is 0.799. The van der Waals surface area contributed by atoms with Gasteiger partial charge in [0.25, 0.3) is 0 Å². The summed E-state index contributed by atoms with van der Waals surface area (Å²) in [5, 5.41) is 6.49. The van der Waals surface area contributed by atoms with Gasteiger partial charge in [0.05, 0.1) is 0 Å². The molecule has 1 aromatic rings. The fraction of sp³-hybridized carbons (Fsp3) is 0.533. The van der Waals surface area contributed by atoms with Crippen LogP contribution in [0.4, 0.5) is 10.5 Å². The number of hydrogen-bond donors (Lipinski definition) is 3. The number of amides is 2. The molecular weight excluding hydrogens is 270 g/mol. The molecule has 1 aromatic carbocycles. The molecule has 20 heavy (non-hydrogen) atoms. The Kier molecular flexibility index (Phi) is 5.31. The first-order chi connectivity index (χ1) is 9.60. The number of nitrogens with one attached hydrogen (secondary N) is 2. The molecule has 0 aromatic heterocycles. The van der Waals surface area contributed by atoms with Gasteiger partial charge < -0.3 is 16.4 Å². The van der Waals surface area contributed by atoms with Crippen LogP contribution in [-0.2, 0) is 0 Å². The number of urea groups is 1. The molecule has 3 atom stereocenters. The van der Waals surface area contributed by atoms with Crippen LogP contribution in [0, 0.1) is 0 Å². The Morgan fingerprint density at radius 1 is 1.35 bits per heavy atom. The van der Waals surface area contributed by atoms with Crippen molar-refractivity contribution < 1.29 is 4.79 Å². The lowest BCUT2D eigenvalue weighted by atomic mass is 10.1. The van der Waals surface area contributed by atoms with E-state index in [2.05, 4.69) is 16.9 Å². The van der Waals surface area contributed by atoms with Gasteiger partial charge >= 0.3 is 6.03 Å². The third kappa shape index (κ3) is 3.90. The van der Waals surface area contributed by atoms with Gasteiger partial charge in [-0.25, -0.2) is 4.79 Å². The molecule has 5 heteroatoms. The largest absolute Gasteiger partial charge is 0.334 e. The topological polar surface area (TPSA) is 67.2 Å². The highest BCUT2D eigenvalue weighted by Crippen LogP contribution is 2.28. The van der Waals surface area contributed by atoms with Crippen LogP contribution in [0.1, 0.15) is 37.8 Å². The molecule has 2 rings (SSSR count). The first-order valence-electron chi connectivity index (χ1n) is 7.06. The zero-order valence-electron chi connectivity index (χ0n) is 12.1. The Morgan fingerprint density at radius 2 is 2.05 bits per heavy atom. The van der Waals surface area contributed by atoms with Crippen LogP contribution in [-0.4, -0.2) is 23.6 Å². The second kappa shape index (κ2) is 6.99. The Hall–Kier alpha value is -1.20. The molecule has 0 heterocycles. The number of hydrogen-bond acceptors (Lipinski definition) is 3. The number of nitrogens with two attached hydrogens (primary N) is 1. The van der Waals surface area contributed by atoms with Crippen molar-refractivity contribution in [1.82, 2.24) is 5.32 Å². The first kappa shape index (κ1) is 15.2. The van der Waals surface area contributed by atoms with Crippen molar-refractivity contribution in [2.24, 2.45) is 5.73 Å². The minimum Gasteiger partial charge on any atom is -0.334 e. The number of anilines is 1. The lowest BCUT2D eigenvalue weighted by molar-refractivity contribution is 0.249. The third-order valence-corrected chi connectivity index (χ3v) is 4.94. The minimum atomic E-state index is -0.121. The van der Waals surface area contributed by atoms with Gasteiger partial charge in [-0.1, -0.05) is 18.6 Å². The van der Waals surface area contributed by atoms with E-state index in [0.717, 1.165) is 17.7 Å². The Balaban J connectivity index is 1.88. The van der Waals surface area contributed by atoms with Crippen molar-refractivity contribution in [3.05, 3.63) is 29.8 Å². The van der Waals surface area contributed by atoms with Crippen LogP contribution in [0.5, 0.6) is 0 Å². The number of carbonyl (C=O) groups excluding carboxylic acids is 1. The van der Waals surface area contributed by atoms with E-state index in [-0.39, 0.29) is 18.1 Å². The predicted molar refractivity (Wildman–Crippen MR) is 86.1 cm³/mol. The highest BCUT2D eigenvalue weighted by Gasteiger charge is 2.27. The molecule has 1 aliphatic rings. The van der Waals surface area contributed by atoms with Crippen molar-refractivity contribution >= 4 is 23.5 Å². The number of benzene rings is 1. The van der Waals surface area contributed by atoms with Gasteiger partial charge in [0.2, 0.25) is 0 Å². The average molecular weight is 293 g/mol. The van der Waals surface area contributed by atoms with Crippen LogP contribution in [0.2, 0.25) is 0 Å². The van der Waals surface area contributed by atoms with E-state index >= 15 is 0 Å². The molecule has 4 nitrogen and oxygen atoms in total. The van der Waals surface area contributed by atoms with Crippen molar-refractivity contribution in [2.75, 3.05) is 11.6 Å². The maximum absolute atomic E-state index is 12.0. The first-order valence-corrected chi connectivity index (χ1v) is 8.35. The lowest BCUT2D eigenvalue weighted by Crippen LogP contribution is -2.41. The molecule has 3 unspecified atom stereocenters. The Bertz CT molecular complexity index is 447. The second-order valence-corrected chi connectivity index (χ2v) is 6.40. The molecule has 2 amide bonds. The summed E-state index contributed by atoms with van der Waals surface area (Å²) in [5.74, 6) is 0. The summed E-state index contributed by atoms with van der Waals surface area (Å²) in [5.41, 5.74) is 7.66. The van der Waals surface area contributed by atoms with Gasteiger partial charge in [0.15, 0.2) is 0 Å². The van der Waals surface area contributed by atoms with Gasteiger partial charge in [-0.15, -0.1) is 0 Å². The molecule has 0 spiro atoms. The molecule has 1 fully saturated rings. The summed E-state index contributed by atoms with van der Waals surface area (Å²) in [7, 11) is 0. The molecule has 0 radical (unpaired) electrons. The van der Waals surface area contributed by atoms with Crippen LogP contribution in [0.3, 0.4) is 0 Å². The monoisotopic (exact) mass is 293 g/mol. The van der Waals surface area contributed by atoms with Crippen molar-refractivity contribution in [3.8, 4) is 0 Å². The molecule has 0 bridgehead atoms. The van der Waals surface area contributed by atoms with Gasteiger partial charge in [-0.05, 0) is 43.7 Å². The van der Waals surface area contributed by atoms with E-state index in [4.69, 9.17) is 5.73 Å². The van der Waals surface area contributed by atoms with E-state index in [1.165, 1.54) is 12.8 Å². The summed E-state index contributed by atoms with van der Waals surface area (Å²) in [6.07, 6.45) is 5.56. The van der Waals surface area contributed by atoms with Crippen molar-refractivity contribution in [3.63, 3.8) is 0 Å². The zero-order valence-corrected chi connectivity index (χ0v) is 12.9. The summed E-state index contributed by atoms with van der Waals surface area (Å²) >= 11 is 1.84. The van der Waals surface area contributed by atoms with Gasteiger partial charge in [0.1, 0.15) is 0 Å². The van der Waals surface area contributed by atoms with Gasteiger partial charge in [0, 0.05) is 23.0 Å². The second-order valence-electron chi connectivity index (χ2n) is 5.32. The van der Waals surface area contributed by atoms with E-state index in [9.17, 15) is 4.79 Å². The number of carbonyl (C=O) groups is 1. The highest BCUT2D eigenvalue weighted by molar-refractivity contribution is 7.99. The molecule has 0 aliphatic heterocycles. The van der Waals surface area contributed by atoms with E-state index < -0.39 is 0 Å². The smallest absolute Gasteiger partial charge is 0.319 e. The number of thioether (sulfide) groups is 1. The summed E-state index contributed by atoms with van der Waals surface area (Å²) in [6.45, 7) is 1.94. The van der Waals surface area contributed by atoms with Gasteiger partial charge in [-0.2, -0.15) is 11.8 Å². The Labute approximate surface area is 124 Å². The minimum absolute atomic E-state index is 0.0127. The zero-order chi connectivity index (χ0) is 14.5. The fourth-order valence-corrected chi connectivity index (χ4v) is 3.51. The molecule has 0 saturated heterocycles. The summed E-state index contributed by atoms with van der Waals surface area (Å²) in [4.78, 5) is 12.0. The van der Waals surface area contributed by atoms with E-state index in [1.54, 1.807) is 0 Å². The van der Waals surface area contributed by atoms with Crippen molar-refractivity contribution in [2.45, 2.75) is 43.5 Å². The van der Waals surface area contributed by atoms with Crippen LogP contribution < -0.4 is 16.4 Å². The predicted octanol–water partition coefficient (Wildman–Crippen LogP) is 3.11. The average Bonchev–Trinajstić information content (AvgIpc) is 2.86. The number of rotatable bonds is 4. The molecular formula is C15H23N3OS. The maximum atomic E-state index is 12.0. The SMILES string of the molecule is CSC1CCCC1NC(=O)Nc1ccc(C(C)N)cc1. The van der Waals surface area contributed by atoms with Gasteiger partial charge in [-0.3, -0.25) is 0 Å². The van der Waals surface area contributed by atoms with Crippen LogP contribution >= 0.6 is 11.8 Å². The maximum Gasteiger partial charge on any atom is 0.319 e. The van der Waals surface area contributed by atoms with Crippen LogP contribution in [0.15, 0.2) is 24.3 Å². The molecule has 110 valence electrons. The highest BCUT2D eigenvalue weighted by atomic mass is 32.2. The standard InChI is InChI=1S/C15H23N3OS/c1-10(16)11-6-8-12(9-7-11)17-15(19)18-13-4-3-5-14(13)20-2/h6-10,13-14H,3-5,16H2,1-2H3,(H2,17,18,19). The fourth-order valence-electron chi connectivity index (χ4n) is 2.58. The normalized spacial score (nSPS) is 23.4. The molecule has 4 N–H and O–H groups in total. The lowest BCUT2D eigenvalue weighted by Gasteiger charge is -2.19. The van der Waals surface area contributed by atoms with Crippen LogP contribution in [0.25, 0.3) is 0 Å². The van der Waals surface area contributed by atoms with E-state index in [1.807, 2.05) is 43.0 Å². The molecule has 1 aliphatic carbocycles. The summed E-state index contributed by atoms with van der Waals surface area (Å²) < 4.78 is 0. The van der Waals surface area contributed by atoms with Crippen molar-refractivity contribution in [1.29, 1.82) is 0 Å².